The van der Waals surface area contributed by atoms with Crippen LogP contribution < -0.4 is 0 Å². The van der Waals surface area contributed by atoms with Crippen molar-refractivity contribution in [3.8, 4) is 0 Å². The van der Waals surface area contributed by atoms with Crippen LogP contribution in [0.4, 0.5) is 0 Å². The third-order valence-electron chi connectivity index (χ3n) is 4.10. The maximum absolute atomic E-state index is 11.2. The molecule has 1 aromatic heterocycles. The Morgan fingerprint density at radius 2 is 1.86 bits per heavy atom. The molecule has 5 nitrogen and oxygen atoms in total. The third-order valence-corrected chi connectivity index (χ3v) is 4.10. The molecule has 21 heavy (non-hydrogen) atoms. The van der Waals surface area contributed by atoms with Gasteiger partial charge in [-0.3, -0.25) is 0 Å². The Balaban J connectivity index is 2.26. The monoisotopic (exact) mass is 289 g/mol. The van der Waals surface area contributed by atoms with Crippen molar-refractivity contribution < 1.29 is 19.2 Å². The second-order valence-electron chi connectivity index (χ2n) is 6.18. The van der Waals surface area contributed by atoms with Crippen molar-refractivity contribution >= 4 is 19.2 Å². The van der Waals surface area contributed by atoms with E-state index in [1.165, 1.54) is 6.20 Å². The van der Waals surface area contributed by atoms with Crippen LogP contribution in [0, 0.1) is 6.92 Å². The highest BCUT2D eigenvalue weighted by Gasteiger charge is 2.50. The smallest absolute Gasteiger partial charge is 0.476 e. The quantitative estimate of drug-likeness (QED) is 0.866. The molecule has 0 saturated carbocycles. The Bertz CT molecular complexity index is 579. The zero-order chi connectivity index (χ0) is 15.8. The van der Waals surface area contributed by atoms with Gasteiger partial charge in [0.2, 0.25) is 0 Å². The minimum Gasteiger partial charge on any atom is -0.476 e. The summed E-state index contributed by atoms with van der Waals surface area (Å²) in [7, 11) is -0.503. The second-order valence-corrected chi connectivity index (χ2v) is 6.18. The van der Waals surface area contributed by atoms with Crippen LogP contribution in [0.3, 0.4) is 0 Å². The number of carboxylic acids is 1. The molecule has 0 amide bonds. The number of nitrogens with zero attached hydrogens (tertiary/aromatic N) is 1. The average Bonchev–Trinajstić information content (AvgIpc) is 2.55. The summed E-state index contributed by atoms with van der Waals surface area (Å²) in [6, 6.07) is 1.77. The molecular weight excluding hydrogens is 269 g/mol. The Morgan fingerprint density at radius 1 is 1.29 bits per heavy atom. The summed E-state index contributed by atoms with van der Waals surface area (Å²) in [4.78, 5) is 15.1. The molecule has 1 N–H and O–H groups in total. The zero-order valence-corrected chi connectivity index (χ0v) is 13.0. The van der Waals surface area contributed by atoms with E-state index in [0.717, 1.165) is 5.56 Å². The summed E-state index contributed by atoms with van der Waals surface area (Å²) in [5.74, 6) is 0.680. The van der Waals surface area contributed by atoms with Gasteiger partial charge >= 0.3 is 13.1 Å². The molecule has 1 saturated heterocycles. The lowest BCUT2D eigenvalue weighted by atomic mass is 9.88. The number of carboxylic acid groups (broad SMARTS) is 1. The Kier molecular flexibility index (Phi) is 3.95. The minimum absolute atomic E-state index is 0.0303. The molecule has 1 aliphatic rings. The highest BCUT2D eigenvalue weighted by molar-refractivity contribution is 6.52. The molecule has 0 spiro atoms. The lowest BCUT2D eigenvalue weighted by Gasteiger charge is -2.32. The Labute approximate surface area is 125 Å². The molecule has 0 radical (unpaired) electrons. The van der Waals surface area contributed by atoms with E-state index in [1.54, 1.807) is 18.1 Å². The van der Waals surface area contributed by atoms with E-state index in [1.807, 2.05) is 34.6 Å². The summed E-state index contributed by atoms with van der Waals surface area (Å²) in [5.41, 5.74) is 0.612. The summed E-state index contributed by atoms with van der Waals surface area (Å²) in [6.07, 6.45) is 3.19. The van der Waals surface area contributed by atoms with E-state index in [0.29, 0.717) is 5.56 Å². The van der Waals surface area contributed by atoms with Gasteiger partial charge in [0.25, 0.3) is 0 Å². The van der Waals surface area contributed by atoms with Crippen molar-refractivity contribution in [1.82, 2.24) is 4.98 Å². The van der Waals surface area contributed by atoms with Gasteiger partial charge in [0.05, 0.1) is 11.2 Å². The van der Waals surface area contributed by atoms with Crippen molar-refractivity contribution in [3.63, 3.8) is 0 Å². The van der Waals surface area contributed by atoms with Crippen molar-refractivity contribution in [3.05, 3.63) is 35.1 Å². The summed E-state index contributed by atoms with van der Waals surface area (Å²) >= 11 is 0. The molecule has 0 bridgehead atoms. The Hall–Kier alpha value is -1.66. The summed E-state index contributed by atoms with van der Waals surface area (Å²) < 4.78 is 11.7. The van der Waals surface area contributed by atoms with Crippen LogP contribution in [0.2, 0.25) is 0 Å². The topological polar surface area (TPSA) is 68.7 Å². The van der Waals surface area contributed by atoms with Gasteiger partial charge in [-0.1, -0.05) is 12.1 Å². The maximum Gasteiger partial charge on any atom is 0.487 e. The van der Waals surface area contributed by atoms with Gasteiger partial charge in [-0.25, -0.2) is 9.78 Å². The number of pyridine rings is 1. The summed E-state index contributed by atoms with van der Waals surface area (Å²) in [6.45, 7) is 9.73. The molecule has 6 heteroatoms. The van der Waals surface area contributed by atoms with Crippen molar-refractivity contribution in [2.75, 3.05) is 0 Å². The largest absolute Gasteiger partial charge is 0.487 e. The molecule has 112 valence electrons. The number of aromatic carboxylic acids is 1. The fraction of sp³-hybridized carbons (Fsp3) is 0.467. The van der Waals surface area contributed by atoms with E-state index in [2.05, 4.69) is 4.98 Å². The molecular formula is C15H20BNO4. The normalized spacial score (nSPS) is 20.1. The van der Waals surface area contributed by atoms with Crippen LogP contribution in [0.5, 0.6) is 0 Å². The minimum atomic E-state index is -1.05. The van der Waals surface area contributed by atoms with Gasteiger partial charge in [-0.2, -0.15) is 0 Å². The predicted molar refractivity (Wildman–Crippen MR) is 81.0 cm³/mol. The lowest BCUT2D eigenvalue weighted by molar-refractivity contribution is 0.00578. The van der Waals surface area contributed by atoms with Gasteiger partial charge in [0.15, 0.2) is 5.69 Å². The van der Waals surface area contributed by atoms with Crippen molar-refractivity contribution in [1.29, 1.82) is 0 Å². The predicted octanol–water partition coefficient (Wildman–Crippen LogP) is 2.73. The van der Waals surface area contributed by atoms with Crippen LogP contribution in [-0.2, 0) is 9.31 Å². The molecule has 2 rings (SSSR count). The number of aryl methyl sites for hydroxylation is 1. The molecule has 1 aliphatic heterocycles. The zero-order valence-electron chi connectivity index (χ0n) is 13.0. The van der Waals surface area contributed by atoms with E-state index < -0.39 is 24.3 Å². The third kappa shape index (κ3) is 3.01. The van der Waals surface area contributed by atoms with Crippen molar-refractivity contribution in [2.45, 2.75) is 45.8 Å². The Morgan fingerprint density at radius 3 is 2.38 bits per heavy atom. The highest BCUT2D eigenvalue weighted by Crippen LogP contribution is 2.37. The van der Waals surface area contributed by atoms with Crippen LogP contribution in [-0.4, -0.2) is 34.4 Å². The first-order valence-electron chi connectivity index (χ1n) is 6.87. The van der Waals surface area contributed by atoms with E-state index in [9.17, 15) is 9.90 Å². The average molecular weight is 289 g/mol. The SMILES string of the molecule is Cc1ccnc(C(=O)O)c1/C=C/B1OC(C)(C)C(C)(C)O1. The number of aromatic nitrogens is 1. The molecule has 0 aromatic carbocycles. The van der Waals surface area contributed by atoms with Gasteiger partial charge in [0, 0.05) is 11.8 Å². The first kappa shape index (κ1) is 15.7. The van der Waals surface area contributed by atoms with Gasteiger partial charge in [0.1, 0.15) is 0 Å². The van der Waals surface area contributed by atoms with Crippen LogP contribution in [0.25, 0.3) is 6.08 Å². The second kappa shape index (κ2) is 5.28. The molecule has 1 fully saturated rings. The standard InChI is InChI=1S/C15H20BNO4/c1-10-7-9-17-12(13(18)19)11(10)6-8-16-20-14(2,3)15(4,5)21-16/h6-9H,1-5H3,(H,18,19)/b8-6+. The first-order chi connectivity index (χ1) is 9.64. The van der Waals surface area contributed by atoms with Gasteiger partial charge in [-0.05, 0) is 46.2 Å². The highest BCUT2D eigenvalue weighted by atomic mass is 16.7. The molecule has 0 atom stereocenters. The number of rotatable bonds is 3. The van der Waals surface area contributed by atoms with E-state index >= 15 is 0 Å². The fourth-order valence-electron chi connectivity index (χ4n) is 2.09. The molecule has 1 aromatic rings. The molecule has 2 heterocycles. The summed E-state index contributed by atoms with van der Waals surface area (Å²) in [5, 5.41) is 9.19. The van der Waals surface area contributed by atoms with Crippen LogP contribution >= 0.6 is 0 Å². The first-order valence-corrected chi connectivity index (χ1v) is 6.87. The number of hydrogen-bond acceptors (Lipinski definition) is 4. The van der Waals surface area contributed by atoms with Gasteiger partial charge in [-0.15, -0.1) is 0 Å². The van der Waals surface area contributed by atoms with Crippen molar-refractivity contribution in [2.24, 2.45) is 0 Å². The van der Waals surface area contributed by atoms with Crippen LogP contribution in [0.1, 0.15) is 49.3 Å². The van der Waals surface area contributed by atoms with E-state index in [-0.39, 0.29) is 5.69 Å². The van der Waals surface area contributed by atoms with Gasteiger partial charge < -0.3 is 14.4 Å². The lowest BCUT2D eigenvalue weighted by Crippen LogP contribution is -2.41. The fourth-order valence-corrected chi connectivity index (χ4v) is 2.09. The number of hydrogen-bond donors (Lipinski definition) is 1. The maximum atomic E-state index is 11.2. The molecule has 0 aliphatic carbocycles. The van der Waals surface area contributed by atoms with E-state index in [4.69, 9.17) is 9.31 Å². The van der Waals surface area contributed by atoms with Crippen LogP contribution in [0.15, 0.2) is 18.2 Å². The number of carbonyl (C=O) groups is 1. The molecule has 0 unspecified atom stereocenters.